The minimum Gasteiger partial charge on any atom is -0.315 e. The molecule has 0 radical (unpaired) electrons. The average Bonchev–Trinajstić information content (AvgIpc) is 2.16. The molecule has 1 atom stereocenters. The number of sulfonamides is 1. The number of nitrogens with one attached hydrogen (secondary N) is 1. The summed E-state index contributed by atoms with van der Waals surface area (Å²) in [7, 11) is -1.31. The molecule has 15 heavy (non-hydrogen) atoms. The van der Waals surface area contributed by atoms with Crippen molar-refractivity contribution in [3.63, 3.8) is 0 Å². The summed E-state index contributed by atoms with van der Waals surface area (Å²) in [6.45, 7) is 1.58. The minimum atomic E-state index is -3.05. The van der Waals surface area contributed by atoms with Crippen LogP contribution in [0.15, 0.2) is 0 Å². The maximum Gasteiger partial charge on any atom is 0.218 e. The highest BCUT2D eigenvalue weighted by Crippen LogP contribution is 2.28. The van der Waals surface area contributed by atoms with Crippen LogP contribution >= 0.6 is 0 Å². The maximum absolute atomic E-state index is 12.2. The fourth-order valence-electron chi connectivity index (χ4n) is 2.27. The third-order valence-electron chi connectivity index (χ3n) is 3.66. The Kier molecular flexibility index (Phi) is 3.33. The van der Waals surface area contributed by atoms with E-state index in [9.17, 15) is 8.42 Å². The first-order chi connectivity index (χ1) is 7.12. The van der Waals surface area contributed by atoms with Gasteiger partial charge in [-0.1, -0.05) is 6.42 Å². The zero-order chi connectivity index (χ0) is 10.9. The summed E-state index contributed by atoms with van der Waals surface area (Å²) in [5.74, 6) is 0. The molecule has 0 aromatic heterocycles. The fraction of sp³-hybridized carbons (Fsp3) is 1.00. The second-order valence-corrected chi connectivity index (χ2v) is 6.89. The van der Waals surface area contributed by atoms with Crippen molar-refractivity contribution >= 4 is 10.0 Å². The molecule has 1 aliphatic carbocycles. The zero-order valence-corrected chi connectivity index (χ0v) is 10.1. The van der Waals surface area contributed by atoms with Crippen molar-refractivity contribution in [1.29, 1.82) is 0 Å². The van der Waals surface area contributed by atoms with Gasteiger partial charge in [0.05, 0.1) is 5.25 Å². The molecule has 0 aromatic rings. The Bertz CT molecular complexity index is 297. The van der Waals surface area contributed by atoms with Crippen LogP contribution in [0.3, 0.4) is 0 Å². The van der Waals surface area contributed by atoms with Crippen molar-refractivity contribution in [1.82, 2.24) is 9.62 Å². The van der Waals surface area contributed by atoms with E-state index in [4.69, 9.17) is 0 Å². The molecule has 1 N–H and O–H groups in total. The molecule has 0 bridgehead atoms. The van der Waals surface area contributed by atoms with E-state index in [-0.39, 0.29) is 11.3 Å². The van der Waals surface area contributed by atoms with Gasteiger partial charge in [0.1, 0.15) is 0 Å². The van der Waals surface area contributed by atoms with Crippen molar-refractivity contribution in [2.75, 3.05) is 20.1 Å². The average molecular weight is 232 g/mol. The quantitative estimate of drug-likeness (QED) is 0.773. The van der Waals surface area contributed by atoms with Crippen LogP contribution in [0.5, 0.6) is 0 Å². The first-order valence-electron chi connectivity index (χ1n) is 5.80. The van der Waals surface area contributed by atoms with E-state index in [1.807, 2.05) is 0 Å². The molecule has 1 aliphatic heterocycles. The van der Waals surface area contributed by atoms with Gasteiger partial charge in [0.25, 0.3) is 0 Å². The Morgan fingerprint density at radius 1 is 1.20 bits per heavy atom. The van der Waals surface area contributed by atoms with Gasteiger partial charge >= 0.3 is 0 Å². The van der Waals surface area contributed by atoms with Crippen molar-refractivity contribution in [3.8, 4) is 0 Å². The molecule has 2 fully saturated rings. The van der Waals surface area contributed by atoms with Gasteiger partial charge in [0.15, 0.2) is 0 Å². The van der Waals surface area contributed by atoms with E-state index in [2.05, 4.69) is 5.32 Å². The summed E-state index contributed by atoms with van der Waals surface area (Å²) in [6, 6.07) is 0.275. The third kappa shape index (κ3) is 2.19. The number of nitrogens with zero attached hydrogens (tertiary/aromatic N) is 1. The summed E-state index contributed by atoms with van der Waals surface area (Å²) in [6.07, 6.45) is 5.04. The lowest BCUT2D eigenvalue weighted by molar-refractivity contribution is 0.246. The summed E-state index contributed by atoms with van der Waals surface area (Å²) in [5, 5.41) is 2.97. The second-order valence-electron chi connectivity index (χ2n) is 4.61. The summed E-state index contributed by atoms with van der Waals surface area (Å²) in [4.78, 5) is 0. The Morgan fingerprint density at radius 2 is 1.93 bits per heavy atom. The van der Waals surface area contributed by atoms with Crippen molar-refractivity contribution in [2.45, 2.75) is 43.4 Å². The number of hydrogen-bond acceptors (Lipinski definition) is 3. The van der Waals surface area contributed by atoms with Gasteiger partial charge in [-0.3, -0.25) is 0 Å². The van der Waals surface area contributed by atoms with Crippen LogP contribution in [-0.4, -0.2) is 44.2 Å². The lowest BCUT2D eigenvalue weighted by Crippen LogP contribution is -2.49. The van der Waals surface area contributed by atoms with E-state index in [0.717, 1.165) is 32.2 Å². The largest absolute Gasteiger partial charge is 0.315 e. The van der Waals surface area contributed by atoms with Gasteiger partial charge < -0.3 is 5.32 Å². The normalized spacial score (nSPS) is 29.1. The van der Waals surface area contributed by atoms with Crippen LogP contribution in [0.25, 0.3) is 0 Å². The molecule has 1 saturated carbocycles. The van der Waals surface area contributed by atoms with E-state index in [0.29, 0.717) is 6.54 Å². The Labute approximate surface area is 92.1 Å². The van der Waals surface area contributed by atoms with Gasteiger partial charge in [0, 0.05) is 19.6 Å². The smallest absolute Gasteiger partial charge is 0.218 e. The van der Waals surface area contributed by atoms with Gasteiger partial charge in [0.2, 0.25) is 10.0 Å². The number of rotatable bonds is 3. The van der Waals surface area contributed by atoms with Crippen molar-refractivity contribution in [2.24, 2.45) is 0 Å². The Morgan fingerprint density at radius 3 is 2.40 bits per heavy atom. The van der Waals surface area contributed by atoms with Crippen LogP contribution in [-0.2, 0) is 10.0 Å². The van der Waals surface area contributed by atoms with Gasteiger partial charge in [-0.25, -0.2) is 12.7 Å². The molecule has 2 rings (SSSR count). The molecule has 0 amide bonds. The van der Waals surface area contributed by atoms with Crippen molar-refractivity contribution in [3.05, 3.63) is 0 Å². The predicted octanol–water partition coefficient (Wildman–Crippen LogP) is 0.553. The first-order valence-corrected chi connectivity index (χ1v) is 7.30. The van der Waals surface area contributed by atoms with E-state index < -0.39 is 10.0 Å². The highest BCUT2D eigenvalue weighted by Gasteiger charge is 2.36. The van der Waals surface area contributed by atoms with Gasteiger partial charge in [-0.05, 0) is 32.2 Å². The van der Waals surface area contributed by atoms with E-state index in [1.54, 1.807) is 11.4 Å². The molecule has 5 heteroatoms. The van der Waals surface area contributed by atoms with Gasteiger partial charge in [-0.15, -0.1) is 0 Å². The standard InChI is InChI=1S/C10H20N2O2S/c1-12(9-4-2-5-9)15(13,14)10-6-3-7-11-8-10/h9-11H,2-8H2,1H3. The summed E-state index contributed by atoms with van der Waals surface area (Å²) in [5.41, 5.74) is 0. The van der Waals surface area contributed by atoms with E-state index in [1.165, 1.54) is 6.42 Å². The SMILES string of the molecule is CN(C1CCC1)S(=O)(=O)C1CCCNC1. The second kappa shape index (κ2) is 4.39. The molecular weight excluding hydrogens is 212 g/mol. The number of piperidine rings is 1. The third-order valence-corrected chi connectivity index (χ3v) is 6.01. The van der Waals surface area contributed by atoms with Crippen molar-refractivity contribution < 1.29 is 8.42 Å². The molecule has 1 saturated heterocycles. The molecule has 1 unspecified atom stereocenters. The molecule has 0 spiro atoms. The highest BCUT2D eigenvalue weighted by molar-refractivity contribution is 7.89. The molecule has 88 valence electrons. The highest BCUT2D eigenvalue weighted by atomic mass is 32.2. The maximum atomic E-state index is 12.2. The lowest BCUT2D eigenvalue weighted by Gasteiger charge is -2.37. The Balaban J connectivity index is 2.03. The van der Waals surface area contributed by atoms with Crippen LogP contribution in [0.1, 0.15) is 32.1 Å². The van der Waals surface area contributed by atoms with Crippen LogP contribution in [0, 0.1) is 0 Å². The molecular formula is C10H20N2O2S. The molecule has 1 heterocycles. The zero-order valence-electron chi connectivity index (χ0n) is 9.28. The van der Waals surface area contributed by atoms with E-state index >= 15 is 0 Å². The predicted molar refractivity (Wildman–Crippen MR) is 60.2 cm³/mol. The first kappa shape index (κ1) is 11.4. The summed E-state index contributed by atoms with van der Waals surface area (Å²) >= 11 is 0. The monoisotopic (exact) mass is 232 g/mol. The van der Waals surface area contributed by atoms with Gasteiger partial charge in [-0.2, -0.15) is 0 Å². The number of hydrogen-bond donors (Lipinski definition) is 1. The Hall–Kier alpha value is -0.130. The molecule has 4 nitrogen and oxygen atoms in total. The minimum absolute atomic E-state index is 0.197. The van der Waals surface area contributed by atoms with Crippen LogP contribution < -0.4 is 5.32 Å². The van der Waals surface area contributed by atoms with Crippen LogP contribution in [0.4, 0.5) is 0 Å². The van der Waals surface area contributed by atoms with Crippen LogP contribution in [0.2, 0.25) is 0 Å². The fourth-order valence-corrected chi connectivity index (χ4v) is 4.16. The lowest BCUT2D eigenvalue weighted by atomic mass is 9.93. The molecule has 0 aromatic carbocycles. The summed E-state index contributed by atoms with van der Waals surface area (Å²) < 4.78 is 26.0. The molecule has 2 aliphatic rings. The topological polar surface area (TPSA) is 49.4 Å².